The molecule has 10 heteroatoms. The summed E-state index contributed by atoms with van der Waals surface area (Å²) >= 11 is 0. The average molecular weight is 425 g/mol. The maximum absolute atomic E-state index is 12.7. The fourth-order valence-corrected chi connectivity index (χ4v) is 4.23. The van der Waals surface area contributed by atoms with E-state index in [0.717, 1.165) is 0 Å². The number of benzene rings is 2. The van der Waals surface area contributed by atoms with Crippen molar-refractivity contribution in [1.82, 2.24) is 10.1 Å². The largest absolute Gasteiger partial charge is 0.459 e. The van der Waals surface area contributed by atoms with Crippen LogP contribution in [0.25, 0.3) is 11.4 Å². The van der Waals surface area contributed by atoms with E-state index in [1.807, 2.05) is 0 Å². The predicted octanol–water partition coefficient (Wildman–Crippen LogP) is 2.85. The standard InChI is InChI=1S/C20H15N3O6S/c24-19(21-15-6-4-5-13(11-15)18-22-20(25)29-23-18)17-14(9-10-28-17)12-30(26,27)16-7-2-1-3-8-16/h1-11H,12H2,(H,21,24)(H,22,23,25). The third kappa shape index (κ3) is 4.08. The minimum Gasteiger partial charge on any atom is -0.459 e. The topological polar surface area (TPSA) is 135 Å². The van der Waals surface area contributed by atoms with Crippen LogP contribution in [0.3, 0.4) is 0 Å². The second-order valence-electron chi connectivity index (χ2n) is 6.33. The van der Waals surface area contributed by atoms with Gasteiger partial charge in [0.15, 0.2) is 21.4 Å². The number of hydrogen-bond acceptors (Lipinski definition) is 7. The minimum absolute atomic E-state index is 0.102. The molecule has 0 unspecified atom stereocenters. The molecule has 2 aromatic carbocycles. The zero-order valence-corrected chi connectivity index (χ0v) is 16.2. The van der Waals surface area contributed by atoms with Crippen LogP contribution in [0.5, 0.6) is 0 Å². The molecule has 2 aromatic heterocycles. The van der Waals surface area contributed by atoms with Crippen molar-refractivity contribution >= 4 is 21.4 Å². The molecule has 0 atom stereocenters. The molecule has 0 bridgehead atoms. The van der Waals surface area contributed by atoms with E-state index >= 15 is 0 Å². The van der Waals surface area contributed by atoms with Gasteiger partial charge in [0.1, 0.15) is 0 Å². The van der Waals surface area contributed by atoms with E-state index in [1.54, 1.807) is 42.5 Å². The van der Waals surface area contributed by atoms with E-state index < -0.39 is 21.5 Å². The van der Waals surface area contributed by atoms with Crippen LogP contribution < -0.4 is 11.1 Å². The van der Waals surface area contributed by atoms with Crippen LogP contribution >= 0.6 is 0 Å². The lowest BCUT2D eigenvalue weighted by molar-refractivity contribution is 0.0996. The summed E-state index contributed by atoms with van der Waals surface area (Å²) in [6, 6.07) is 16.0. The van der Waals surface area contributed by atoms with Crippen LogP contribution in [-0.4, -0.2) is 24.5 Å². The Morgan fingerprint density at radius 1 is 1.07 bits per heavy atom. The van der Waals surface area contributed by atoms with E-state index in [1.165, 1.54) is 24.5 Å². The molecule has 0 spiro atoms. The van der Waals surface area contributed by atoms with Gasteiger partial charge >= 0.3 is 5.76 Å². The van der Waals surface area contributed by atoms with Crippen molar-refractivity contribution in [2.45, 2.75) is 10.6 Å². The Hall–Kier alpha value is -3.92. The van der Waals surface area contributed by atoms with Crippen LogP contribution in [0.2, 0.25) is 0 Å². The van der Waals surface area contributed by atoms with Crippen molar-refractivity contribution in [2.24, 2.45) is 0 Å². The van der Waals surface area contributed by atoms with Crippen molar-refractivity contribution < 1.29 is 22.2 Å². The summed E-state index contributed by atoms with van der Waals surface area (Å²) in [4.78, 5) is 26.4. The van der Waals surface area contributed by atoms with Crippen LogP contribution in [0.4, 0.5) is 5.69 Å². The lowest BCUT2D eigenvalue weighted by Crippen LogP contribution is -2.14. The predicted molar refractivity (Wildman–Crippen MR) is 107 cm³/mol. The van der Waals surface area contributed by atoms with Crippen LogP contribution in [0.15, 0.2) is 85.6 Å². The summed E-state index contributed by atoms with van der Waals surface area (Å²) in [5.41, 5.74) is 1.16. The van der Waals surface area contributed by atoms with E-state index in [4.69, 9.17) is 4.42 Å². The maximum Gasteiger partial charge on any atom is 0.439 e. The third-order valence-electron chi connectivity index (χ3n) is 4.24. The highest BCUT2D eigenvalue weighted by atomic mass is 32.2. The third-order valence-corrected chi connectivity index (χ3v) is 5.92. The molecule has 152 valence electrons. The minimum atomic E-state index is -3.64. The van der Waals surface area contributed by atoms with Crippen molar-refractivity contribution in [2.75, 3.05) is 5.32 Å². The number of rotatable bonds is 6. The Morgan fingerprint density at radius 2 is 1.87 bits per heavy atom. The first-order chi connectivity index (χ1) is 14.4. The Labute approximate surface area is 170 Å². The van der Waals surface area contributed by atoms with Gasteiger partial charge in [-0.1, -0.05) is 35.5 Å². The van der Waals surface area contributed by atoms with Gasteiger partial charge in [-0.05, 0) is 30.3 Å². The van der Waals surface area contributed by atoms with Gasteiger partial charge in [0.05, 0.1) is 16.9 Å². The summed E-state index contributed by atoms with van der Waals surface area (Å²) in [5, 5.41) is 6.25. The molecule has 0 aliphatic heterocycles. The molecule has 9 nitrogen and oxygen atoms in total. The molecule has 2 N–H and O–H groups in total. The molecule has 0 aliphatic carbocycles. The van der Waals surface area contributed by atoms with E-state index in [-0.39, 0.29) is 27.8 Å². The Balaban J connectivity index is 1.55. The second kappa shape index (κ2) is 7.84. The smallest absolute Gasteiger partial charge is 0.439 e. The summed E-state index contributed by atoms with van der Waals surface area (Å²) in [6.07, 6.45) is 1.27. The molecule has 0 aliphatic rings. The monoisotopic (exact) mass is 425 g/mol. The van der Waals surface area contributed by atoms with E-state index in [9.17, 15) is 18.0 Å². The van der Waals surface area contributed by atoms with Crippen molar-refractivity contribution in [1.29, 1.82) is 0 Å². The lowest BCUT2D eigenvalue weighted by atomic mass is 10.2. The first kappa shape index (κ1) is 19.4. The summed E-state index contributed by atoms with van der Waals surface area (Å²) < 4.78 is 35.0. The number of sulfone groups is 1. The number of anilines is 1. The number of furan rings is 1. The van der Waals surface area contributed by atoms with E-state index in [2.05, 4.69) is 20.0 Å². The van der Waals surface area contributed by atoms with Gasteiger partial charge in [-0.3, -0.25) is 14.3 Å². The molecule has 4 aromatic rings. The zero-order valence-electron chi connectivity index (χ0n) is 15.4. The molecular formula is C20H15N3O6S. The van der Waals surface area contributed by atoms with Crippen LogP contribution in [0, 0.1) is 0 Å². The fraction of sp³-hybridized carbons (Fsp3) is 0.0500. The number of aromatic amines is 1. The molecule has 4 rings (SSSR count). The summed E-state index contributed by atoms with van der Waals surface area (Å²) in [7, 11) is -3.64. The molecule has 1 amide bonds. The number of H-pyrrole nitrogens is 1. The molecular weight excluding hydrogens is 410 g/mol. The van der Waals surface area contributed by atoms with Crippen molar-refractivity contribution in [3.8, 4) is 11.4 Å². The quantitative estimate of drug-likeness (QED) is 0.485. The number of nitrogens with one attached hydrogen (secondary N) is 2. The molecule has 0 saturated heterocycles. The van der Waals surface area contributed by atoms with Crippen molar-refractivity contribution in [3.63, 3.8) is 0 Å². The van der Waals surface area contributed by atoms with Gasteiger partial charge in [0, 0.05) is 16.8 Å². The highest BCUT2D eigenvalue weighted by Crippen LogP contribution is 2.22. The van der Waals surface area contributed by atoms with Gasteiger partial charge in [-0.15, -0.1) is 0 Å². The molecule has 30 heavy (non-hydrogen) atoms. The van der Waals surface area contributed by atoms with Gasteiger partial charge in [0.2, 0.25) is 0 Å². The van der Waals surface area contributed by atoms with Crippen molar-refractivity contribution in [3.05, 3.63) is 88.8 Å². The van der Waals surface area contributed by atoms with E-state index in [0.29, 0.717) is 11.3 Å². The summed E-state index contributed by atoms with van der Waals surface area (Å²) in [6.45, 7) is 0. The Bertz CT molecular complexity index is 1350. The highest BCUT2D eigenvalue weighted by Gasteiger charge is 2.22. The normalized spacial score (nSPS) is 11.3. The van der Waals surface area contributed by atoms with Crippen LogP contribution in [0.1, 0.15) is 16.1 Å². The number of carbonyl (C=O) groups is 1. The van der Waals surface area contributed by atoms with Gasteiger partial charge < -0.3 is 9.73 Å². The number of nitrogens with zero attached hydrogens (tertiary/aromatic N) is 1. The highest BCUT2D eigenvalue weighted by molar-refractivity contribution is 7.90. The molecule has 0 fully saturated rings. The Kier molecular flexibility index (Phi) is 5.07. The number of aromatic nitrogens is 2. The number of amides is 1. The first-order valence-electron chi connectivity index (χ1n) is 8.74. The molecule has 2 heterocycles. The van der Waals surface area contributed by atoms with Crippen LogP contribution in [-0.2, 0) is 15.6 Å². The summed E-state index contributed by atoms with van der Waals surface area (Å²) in [5.74, 6) is -1.57. The SMILES string of the molecule is O=C(Nc1cccc(-c2noc(=O)[nH]2)c1)c1occc1CS(=O)(=O)c1ccccc1. The first-order valence-corrected chi connectivity index (χ1v) is 10.4. The molecule has 0 saturated carbocycles. The van der Waals surface area contributed by atoms with Gasteiger partial charge in [0.25, 0.3) is 5.91 Å². The van der Waals surface area contributed by atoms with Gasteiger partial charge in [-0.2, -0.15) is 0 Å². The number of hydrogen-bond donors (Lipinski definition) is 2. The zero-order chi connectivity index (χ0) is 21.1. The van der Waals surface area contributed by atoms with Gasteiger partial charge in [-0.25, -0.2) is 13.2 Å². The fourth-order valence-electron chi connectivity index (χ4n) is 2.85. The Morgan fingerprint density at radius 3 is 2.60 bits per heavy atom. The average Bonchev–Trinajstić information content (AvgIpc) is 3.37. The lowest BCUT2D eigenvalue weighted by Gasteiger charge is -2.07. The maximum atomic E-state index is 12.7. The second-order valence-corrected chi connectivity index (χ2v) is 8.32. The molecule has 0 radical (unpaired) electrons. The number of carbonyl (C=O) groups excluding carboxylic acids is 1.